The molecule has 2 rings (SSSR count). The summed E-state index contributed by atoms with van der Waals surface area (Å²) in [5.74, 6) is 0. The molecule has 0 unspecified atom stereocenters. The molecule has 2 aromatic rings. The Kier molecular flexibility index (Phi) is 2.95. The molecule has 1 radical (unpaired) electrons. The van der Waals surface area contributed by atoms with Crippen molar-refractivity contribution in [3.63, 3.8) is 0 Å². The van der Waals surface area contributed by atoms with Gasteiger partial charge in [-0.05, 0) is 44.0 Å². The molecule has 0 aliphatic carbocycles. The molecule has 0 fully saturated rings. The van der Waals surface area contributed by atoms with Crippen LogP contribution in [0.1, 0.15) is 16.7 Å². The van der Waals surface area contributed by atoms with Crippen molar-refractivity contribution in [2.45, 2.75) is 20.8 Å². The first kappa shape index (κ1) is 10.7. The SMILES string of the molecule is Cc1cc(C)c([N]c2ccccc2)c(C)c1. The molecule has 0 saturated carbocycles. The zero-order chi connectivity index (χ0) is 11.5. The summed E-state index contributed by atoms with van der Waals surface area (Å²) in [5.41, 5.74) is 5.87. The Labute approximate surface area is 97.1 Å². The van der Waals surface area contributed by atoms with E-state index < -0.39 is 0 Å². The van der Waals surface area contributed by atoms with Crippen molar-refractivity contribution in [1.82, 2.24) is 5.32 Å². The number of hydrogen-bond acceptors (Lipinski definition) is 0. The molecule has 16 heavy (non-hydrogen) atoms. The van der Waals surface area contributed by atoms with E-state index in [9.17, 15) is 0 Å². The third kappa shape index (κ3) is 2.25. The molecule has 0 bridgehead atoms. The van der Waals surface area contributed by atoms with Gasteiger partial charge < -0.3 is 0 Å². The van der Waals surface area contributed by atoms with E-state index in [2.05, 4.69) is 38.2 Å². The maximum atomic E-state index is 4.68. The monoisotopic (exact) mass is 210 g/mol. The first-order valence-corrected chi connectivity index (χ1v) is 5.51. The summed E-state index contributed by atoms with van der Waals surface area (Å²) in [5, 5.41) is 4.68. The Balaban J connectivity index is 2.35. The van der Waals surface area contributed by atoms with Crippen LogP contribution in [0.25, 0.3) is 0 Å². The largest absolute Gasteiger partial charge is 0.249 e. The van der Waals surface area contributed by atoms with Crippen molar-refractivity contribution in [2.75, 3.05) is 0 Å². The molecule has 0 atom stereocenters. The molecule has 81 valence electrons. The van der Waals surface area contributed by atoms with Gasteiger partial charge in [0.25, 0.3) is 0 Å². The number of rotatable bonds is 2. The lowest BCUT2D eigenvalue weighted by molar-refractivity contribution is 1.13. The van der Waals surface area contributed by atoms with Crippen LogP contribution >= 0.6 is 0 Å². The first-order chi connectivity index (χ1) is 7.66. The molecule has 0 heterocycles. The minimum absolute atomic E-state index is 1.01. The molecule has 1 heteroatoms. The predicted octanol–water partition coefficient (Wildman–Crippen LogP) is 4.18. The fourth-order valence-electron chi connectivity index (χ4n) is 1.98. The van der Waals surface area contributed by atoms with Gasteiger partial charge in [0.1, 0.15) is 0 Å². The van der Waals surface area contributed by atoms with E-state index in [1.807, 2.05) is 30.3 Å². The lowest BCUT2D eigenvalue weighted by Crippen LogP contribution is -1.95. The maximum absolute atomic E-state index is 4.68. The van der Waals surface area contributed by atoms with E-state index in [4.69, 9.17) is 0 Å². The summed E-state index contributed by atoms with van der Waals surface area (Å²) in [4.78, 5) is 0. The molecule has 1 nitrogen and oxygen atoms in total. The van der Waals surface area contributed by atoms with E-state index >= 15 is 0 Å². The van der Waals surface area contributed by atoms with Gasteiger partial charge in [-0.15, -0.1) is 0 Å². The topological polar surface area (TPSA) is 14.1 Å². The van der Waals surface area contributed by atoms with Gasteiger partial charge in [-0.25, -0.2) is 5.32 Å². The molecule has 0 aromatic heterocycles. The maximum Gasteiger partial charge on any atom is 0.0695 e. The molecule has 2 aromatic carbocycles. The fourth-order valence-corrected chi connectivity index (χ4v) is 1.98. The smallest absolute Gasteiger partial charge is 0.0695 e. The number of hydrogen-bond donors (Lipinski definition) is 0. The van der Waals surface area contributed by atoms with Crippen LogP contribution in [-0.4, -0.2) is 0 Å². The van der Waals surface area contributed by atoms with Crippen molar-refractivity contribution < 1.29 is 0 Å². The van der Waals surface area contributed by atoms with Gasteiger partial charge in [0.05, 0.1) is 11.4 Å². The highest BCUT2D eigenvalue weighted by Crippen LogP contribution is 2.25. The third-order valence-corrected chi connectivity index (χ3v) is 2.63. The van der Waals surface area contributed by atoms with Gasteiger partial charge in [0.2, 0.25) is 0 Å². The molecule has 0 aliphatic heterocycles. The minimum atomic E-state index is 1.01. The molecule has 0 amide bonds. The summed E-state index contributed by atoms with van der Waals surface area (Å²) in [7, 11) is 0. The van der Waals surface area contributed by atoms with Crippen LogP contribution in [0.15, 0.2) is 42.5 Å². The average Bonchev–Trinajstić information content (AvgIpc) is 2.25. The van der Waals surface area contributed by atoms with E-state index in [1.165, 1.54) is 16.7 Å². The summed E-state index contributed by atoms with van der Waals surface area (Å²) in [6, 6.07) is 14.4. The van der Waals surface area contributed by atoms with E-state index in [1.54, 1.807) is 0 Å². The Morgan fingerprint density at radius 2 is 1.38 bits per heavy atom. The standard InChI is InChI=1S/C15H16N/c1-11-9-12(2)15(13(3)10-11)16-14-7-5-4-6-8-14/h4-10H,1-3H3. The summed E-state index contributed by atoms with van der Waals surface area (Å²) < 4.78 is 0. The van der Waals surface area contributed by atoms with Gasteiger partial charge in [-0.2, -0.15) is 0 Å². The Bertz CT molecular complexity index is 463. The Morgan fingerprint density at radius 3 is 1.94 bits per heavy atom. The normalized spacial score (nSPS) is 10.2. The van der Waals surface area contributed by atoms with Gasteiger partial charge in [-0.1, -0.05) is 35.9 Å². The molecular formula is C15H16N. The average molecular weight is 210 g/mol. The Morgan fingerprint density at radius 1 is 0.812 bits per heavy atom. The zero-order valence-electron chi connectivity index (χ0n) is 9.99. The third-order valence-electron chi connectivity index (χ3n) is 2.63. The van der Waals surface area contributed by atoms with Gasteiger partial charge in [-0.3, -0.25) is 0 Å². The highest BCUT2D eigenvalue weighted by molar-refractivity contribution is 5.58. The minimum Gasteiger partial charge on any atom is -0.249 e. The second-order valence-electron chi connectivity index (χ2n) is 4.19. The molecule has 0 saturated heterocycles. The number of nitrogens with zero attached hydrogens (tertiary/aromatic N) is 1. The van der Waals surface area contributed by atoms with Crippen molar-refractivity contribution in [3.8, 4) is 0 Å². The molecule has 0 N–H and O–H groups in total. The van der Waals surface area contributed by atoms with Crippen molar-refractivity contribution in [3.05, 3.63) is 59.2 Å². The second-order valence-corrected chi connectivity index (χ2v) is 4.19. The summed E-state index contributed by atoms with van der Waals surface area (Å²) in [6.45, 7) is 6.34. The van der Waals surface area contributed by atoms with Crippen LogP contribution in [0, 0.1) is 20.8 Å². The van der Waals surface area contributed by atoms with Crippen LogP contribution in [0.3, 0.4) is 0 Å². The number of benzene rings is 2. The fraction of sp³-hybridized carbons (Fsp3) is 0.200. The van der Waals surface area contributed by atoms with Gasteiger partial charge in [0.15, 0.2) is 0 Å². The second kappa shape index (κ2) is 4.40. The van der Waals surface area contributed by atoms with Crippen molar-refractivity contribution >= 4 is 11.4 Å². The van der Waals surface area contributed by atoms with Gasteiger partial charge in [0, 0.05) is 0 Å². The van der Waals surface area contributed by atoms with E-state index in [-0.39, 0.29) is 0 Å². The lowest BCUT2D eigenvalue weighted by atomic mass is 10.0. The highest BCUT2D eigenvalue weighted by atomic mass is 14.9. The van der Waals surface area contributed by atoms with Crippen LogP contribution in [0.2, 0.25) is 0 Å². The quantitative estimate of drug-likeness (QED) is 0.706. The van der Waals surface area contributed by atoms with E-state index in [0.717, 1.165) is 11.4 Å². The highest BCUT2D eigenvalue weighted by Gasteiger charge is 2.05. The van der Waals surface area contributed by atoms with Crippen LogP contribution < -0.4 is 5.32 Å². The Hall–Kier alpha value is -1.76. The van der Waals surface area contributed by atoms with Crippen LogP contribution in [0.4, 0.5) is 11.4 Å². The van der Waals surface area contributed by atoms with Crippen LogP contribution in [0.5, 0.6) is 0 Å². The summed E-state index contributed by atoms with van der Waals surface area (Å²) in [6.07, 6.45) is 0. The number of para-hydroxylation sites is 1. The van der Waals surface area contributed by atoms with E-state index in [0.29, 0.717) is 0 Å². The van der Waals surface area contributed by atoms with Crippen molar-refractivity contribution in [2.24, 2.45) is 0 Å². The number of aryl methyl sites for hydroxylation is 3. The molecule has 0 spiro atoms. The van der Waals surface area contributed by atoms with Crippen LogP contribution in [-0.2, 0) is 0 Å². The predicted molar refractivity (Wildman–Crippen MR) is 68.5 cm³/mol. The molecular weight excluding hydrogens is 194 g/mol. The zero-order valence-corrected chi connectivity index (χ0v) is 9.99. The lowest BCUT2D eigenvalue weighted by Gasteiger charge is -2.11. The molecule has 0 aliphatic rings. The first-order valence-electron chi connectivity index (χ1n) is 5.51. The summed E-state index contributed by atoms with van der Waals surface area (Å²) >= 11 is 0. The van der Waals surface area contributed by atoms with Gasteiger partial charge >= 0.3 is 0 Å². The van der Waals surface area contributed by atoms with Crippen molar-refractivity contribution in [1.29, 1.82) is 0 Å².